The van der Waals surface area contributed by atoms with Gasteiger partial charge in [0.1, 0.15) is 17.5 Å². The number of hydrogen-bond acceptors (Lipinski definition) is 5. The molecule has 26 heavy (non-hydrogen) atoms. The first kappa shape index (κ1) is 17.3. The fourth-order valence-corrected chi connectivity index (χ4v) is 2.58. The minimum Gasteiger partial charge on any atom is -0.457 e. The summed E-state index contributed by atoms with van der Waals surface area (Å²) in [5, 5.41) is 14.5. The zero-order valence-electron chi connectivity index (χ0n) is 14.2. The molecule has 0 spiro atoms. The van der Waals surface area contributed by atoms with Gasteiger partial charge in [0.2, 0.25) is 0 Å². The molecule has 1 saturated heterocycles. The third-order valence-corrected chi connectivity index (χ3v) is 3.95. The summed E-state index contributed by atoms with van der Waals surface area (Å²) in [7, 11) is 0. The molecular formula is C19H18N4O3. The van der Waals surface area contributed by atoms with Crippen LogP contribution in [0.15, 0.2) is 48.5 Å². The van der Waals surface area contributed by atoms with E-state index in [4.69, 9.17) is 10.00 Å². The Labute approximate surface area is 151 Å². The molecule has 2 N–H and O–H groups in total. The quantitative estimate of drug-likeness (QED) is 0.864. The number of anilines is 1. The molecule has 132 valence electrons. The van der Waals surface area contributed by atoms with Crippen molar-refractivity contribution in [3.8, 4) is 17.6 Å². The minimum absolute atomic E-state index is 0.266. The fourth-order valence-electron chi connectivity index (χ4n) is 2.58. The van der Waals surface area contributed by atoms with Gasteiger partial charge in [-0.2, -0.15) is 5.26 Å². The van der Waals surface area contributed by atoms with Crippen molar-refractivity contribution in [3.05, 3.63) is 54.1 Å². The summed E-state index contributed by atoms with van der Waals surface area (Å²) >= 11 is 0. The normalized spacial score (nSPS) is 14.3. The summed E-state index contributed by atoms with van der Waals surface area (Å²) in [5.41, 5.74) is 1.32. The van der Waals surface area contributed by atoms with E-state index in [1.807, 2.05) is 0 Å². The van der Waals surface area contributed by atoms with Crippen molar-refractivity contribution in [1.82, 2.24) is 10.2 Å². The molecule has 0 radical (unpaired) electrons. The summed E-state index contributed by atoms with van der Waals surface area (Å²) in [6.45, 7) is 2.59. The van der Waals surface area contributed by atoms with Gasteiger partial charge in [-0.3, -0.25) is 9.69 Å². The first-order valence-corrected chi connectivity index (χ1v) is 8.20. The van der Waals surface area contributed by atoms with E-state index < -0.39 is 6.04 Å². The number of carbonyl (C=O) groups excluding carboxylic acids is 2. The average Bonchev–Trinajstić information content (AvgIpc) is 3.09. The number of benzene rings is 2. The first-order valence-electron chi connectivity index (χ1n) is 8.20. The number of hydrogen-bond donors (Lipinski definition) is 2. The van der Waals surface area contributed by atoms with Crippen molar-refractivity contribution in [2.75, 3.05) is 18.4 Å². The zero-order valence-corrected chi connectivity index (χ0v) is 14.2. The standard InChI is InChI=1S/C19H18N4O3/c1-13(18(24)23-11-10-21-19(23)25)22-15-4-8-17(9-5-15)26-16-6-2-14(12-20)3-7-16/h2-9,13,22H,10-11H2,1H3,(H,21,25)/t13-/m0/s1. The van der Waals surface area contributed by atoms with E-state index in [0.29, 0.717) is 30.2 Å². The Bertz CT molecular complexity index is 841. The van der Waals surface area contributed by atoms with Gasteiger partial charge in [0.15, 0.2) is 0 Å². The SMILES string of the molecule is C[C@H](Nc1ccc(Oc2ccc(C#N)cc2)cc1)C(=O)N1CCNC1=O. The monoisotopic (exact) mass is 350 g/mol. The largest absolute Gasteiger partial charge is 0.457 e. The van der Waals surface area contributed by atoms with E-state index in [2.05, 4.69) is 16.7 Å². The second-order valence-electron chi connectivity index (χ2n) is 5.85. The van der Waals surface area contributed by atoms with Gasteiger partial charge in [0, 0.05) is 18.8 Å². The van der Waals surface area contributed by atoms with Crippen LogP contribution in [0.2, 0.25) is 0 Å². The number of nitrogens with zero attached hydrogens (tertiary/aromatic N) is 2. The highest BCUT2D eigenvalue weighted by atomic mass is 16.5. The van der Waals surface area contributed by atoms with Crippen LogP contribution in [0.1, 0.15) is 12.5 Å². The number of urea groups is 1. The maximum absolute atomic E-state index is 12.3. The second-order valence-corrected chi connectivity index (χ2v) is 5.85. The number of amides is 3. The van der Waals surface area contributed by atoms with Crippen LogP contribution >= 0.6 is 0 Å². The second kappa shape index (κ2) is 7.57. The van der Waals surface area contributed by atoms with Crippen molar-refractivity contribution < 1.29 is 14.3 Å². The molecular weight excluding hydrogens is 332 g/mol. The number of nitrogens with one attached hydrogen (secondary N) is 2. The van der Waals surface area contributed by atoms with Crippen molar-refractivity contribution in [3.63, 3.8) is 0 Å². The number of rotatable bonds is 5. The van der Waals surface area contributed by atoms with E-state index in [9.17, 15) is 9.59 Å². The molecule has 1 heterocycles. The van der Waals surface area contributed by atoms with Gasteiger partial charge in [0.05, 0.1) is 11.6 Å². The third kappa shape index (κ3) is 3.92. The smallest absolute Gasteiger partial charge is 0.324 e. The molecule has 7 nitrogen and oxygen atoms in total. The average molecular weight is 350 g/mol. The number of carbonyl (C=O) groups is 2. The topological polar surface area (TPSA) is 94.5 Å². The van der Waals surface area contributed by atoms with Gasteiger partial charge in [-0.25, -0.2) is 4.79 Å². The molecule has 2 aromatic carbocycles. The van der Waals surface area contributed by atoms with Crippen LogP contribution in [0.25, 0.3) is 0 Å². The lowest BCUT2D eigenvalue weighted by Gasteiger charge is -2.19. The Balaban J connectivity index is 1.59. The summed E-state index contributed by atoms with van der Waals surface area (Å²) in [6, 6.07) is 15.2. The molecule has 1 fully saturated rings. The van der Waals surface area contributed by atoms with Crippen molar-refractivity contribution in [2.45, 2.75) is 13.0 Å². The first-order chi connectivity index (χ1) is 12.6. The minimum atomic E-state index is -0.524. The van der Waals surface area contributed by atoms with E-state index in [1.54, 1.807) is 55.5 Å². The van der Waals surface area contributed by atoms with Gasteiger partial charge in [-0.15, -0.1) is 0 Å². The molecule has 3 rings (SSSR count). The molecule has 0 bridgehead atoms. The van der Waals surface area contributed by atoms with Gasteiger partial charge in [-0.1, -0.05) is 0 Å². The van der Waals surface area contributed by atoms with Crippen LogP contribution in [0.4, 0.5) is 10.5 Å². The van der Waals surface area contributed by atoms with E-state index in [1.165, 1.54) is 4.90 Å². The number of imide groups is 1. The van der Waals surface area contributed by atoms with Gasteiger partial charge < -0.3 is 15.4 Å². The highest BCUT2D eigenvalue weighted by molar-refractivity contribution is 5.99. The van der Waals surface area contributed by atoms with E-state index in [0.717, 1.165) is 5.69 Å². The number of nitriles is 1. The predicted molar refractivity (Wildman–Crippen MR) is 95.9 cm³/mol. The Kier molecular flexibility index (Phi) is 5.04. The van der Waals surface area contributed by atoms with Crippen molar-refractivity contribution in [2.24, 2.45) is 0 Å². The summed E-state index contributed by atoms with van der Waals surface area (Å²) in [4.78, 5) is 25.0. The maximum Gasteiger partial charge on any atom is 0.324 e. The molecule has 7 heteroatoms. The molecule has 0 aliphatic carbocycles. The summed E-state index contributed by atoms with van der Waals surface area (Å²) < 4.78 is 5.72. The Morgan fingerprint density at radius 1 is 1.19 bits per heavy atom. The molecule has 0 saturated carbocycles. The Morgan fingerprint density at radius 3 is 2.35 bits per heavy atom. The molecule has 1 aliphatic heterocycles. The molecule has 1 atom stereocenters. The highest BCUT2D eigenvalue weighted by Crippen LogP contribution is 2.23. The van der Waals surface area contributed by atoms with Crippen LogP contribution in [0.3, 0.4) is 0 Å². The summed E-state index contributed by atoms with van der Waals surface area (Å²) in [6.07, 6.45) is 0. The van der Waals surface area contributed by atoms with Crippen LogP contribution in [0.5, 0.6) is 11.5 Å². The Hall–Kier alpha value is -3.53. The van der Waals surface area contributed by atoms with Gasteiger partial charge >= 0.3 is 6.03 Å². The van der Waals surface area contributed by atoms with E-state index in [-0.39, 0.29) is 11.9 Å². The summed E-state index contributed by atoms with van der Waals surface area (Å²) in [5.74, 6) is 1.00. The van der Waals surface area contributed by atoms with Crippen molar-refractivity contribution in [1.29, 1.82) is 5.26 Å². The van der Waals surface area contributed by atoms with Crippen LogP contribution < -0.4 is 15.4 Å². The third-order valence-electron chi connectivity index (χ3n) is 3.95. The van der Waals surface area contributed by atoms with Gasteiger partial charge in [0.25, 0.3) is 5.91 Å². The van der Waals surface area contributed by atoms with Crippen molar-refractivity contribution >= 4 is 17.6 Å². The molecule has 1 aliphatic rings. The lowest BCUT2D eigenvalue weighted by molar-refractivity contribution is -0.128. The molecule has 3 amide bonds. The maximum atomic E-state index is 12.3. The lowest BCUT2D eigenvalue weighted by atomic mass is 10.2. The molecule has 2 aromatic rings. The Morgan fingerprint density at radius 2 is 1.81 bits per heavy atom. The van der Waals surface area contributed by atoms with E-state index >= 15 is 0 Å². The molecule has 0 aromatic heterocycles. The number of ether oxygens (including phenoxy) is 1. The fraction of sp³-hybridized carbons (Fsp3) is 0.211. The van der Waals surface area contributed by atoms with Crippen LogP contribution in [-0.2, 0) is 4.79 Å². The van der Waals surface area contributed by atoms with Crippen LogP contribution in [-0.4, -0.2) is 36.0 Å². The van der Waals surface area contributed by atoms with Gasteiger partial charge in [-0.05, 0) is 55.5 Å². The zero-order chi connectivity index (χ0) is 18.5. The predicted octanol–water partition coefficient (Wildman–Crippen LogP) is 2.70. The molecule has 0 unspecified atom stereocenters. The lowest BCUT2D eigenvalue weighted by Crippen LogP contribution is -2.43. The van der Waals surface area contributed by atoms with Crippen LogP contribution in [0, 0.1) is 11.3 Å². The highest BCUT2D eigenvalue weighted by Gasteiger charge is 2.29.